The maximum absolute atomic E-state index is 13.1. The van der Waals surface area contributed by atoms with Gasteiger partial charge in [-0.1, -0.05) is 18.2 Å². The van der Waals surface area contributed by atoms with Crippen LogP contribution >= 0.6 is 0 Å². The quantitative estimate of drug-likeness (QED) is 0.483. The zero-order chi connectivity index (χ0) is 12.8. The van der Waals surface area contributed by atoms with E-state index in [0.29, 0.717) is 0 Å². The minimum Gasteiger partial charge on any atom is -0.395 e. The maximum Gasteiger partial charge on any atom is 0.248 e. The third kappa shape index (κ3) is 3.41. The van der Waals surface area contributed by atoms with Gasteiger partial charge >= 0.3 is 0 Å². The van der Waals surface area contributed by atoms with Crippen molar-refractivity contribution in [3.63, 3.8) is 0 Å². The molecule has 5 heteroatoms. The molecule has 0 aliphatic heterocycles. The number of hydrogen-bond acceptors (Lipinski definition) is 2. The molecule has 0 radical (unpaired) electrons. The van der Waals surface area contributed by atoms with E-state index in [1.54, 1.807) is 19.1 Å². The molecule has 0 unspecified atom stereocenters. The van der Waals surface area contributed by atoms with Crippen molar-refractivity contribution >= 4 is 17.3 Å². The molecule has 0 heterocycles. The highest BCUT2D eigenvalue weighted by molar-refractivity contribution is 6.01. The van der Waals surface area contributed by atoms with Crippen molar-refractivity contribution in [1.29, 1.82) is 0 Å². The van der Waals surface area contributed by atoms with Crippen LogP contribution in [-0.2, 0) is 4.79 Å². The first kappa shape index (κ1) is 12.9. The summed E-state index contributed by atoms with van der Waals surface area (Å²) >= 11 is 0. The number of halogens is 2. The fourth-order valence-electron chi connectivity index (χ4n) is 1.10. The zero-order valence-electron chi connectivity index (χ0n) is 9.21. The number of hydrogen-bond donors (Lipinski definition) is 2. The van der Waals surface area contributed by atoms with Gasteiger partial charge in [-0.3, -0.25) is 4.79 Å². The summed E-state index contributed by atoms with van der Waals surface area (Å²) in [4.78, 5) is 11.3. The summed E-state index contributed by atoms with van der Waals surface area (Å²) in [5.74, 6) is -2.69. The highest BCUT2D eigenvalue weighted by Crippen LogP contribution is 2.23. The van der Waals surface area contributed by atoms with Crippen LogP contribution in [0.15, 0.2) is 36.4 Å². The molecule has 0 atom stereocenters. The monoisotopic (exact) mass is 238 g/mol. The second-order valence-electron chi connectivity index (χ2n) is 3.20. The van der Waals surface area contributed by atoms with Crippen LogP contribution in [0.4, 0.5) is 20.2 Å². The van der Waals surface area contributed by atoms with Gasteiger partial charge in [0, 0.05) is 6.08 Å². The molecule has 1 aromatic carbocycles. The van der Waals surface area contributed by atoms with Crippen LogP contribution in [0.25, 0.3) is 0 Å². The molecule has 0 saturated carbocycles. The van der Waals surface area contributed by atoms with Gasteiger partial charge in [-0.2, -0.15) is 0 Å². The number of nitrogens with two attached hydrogens (primary N) is 1. The summed E-state index contributed by atoms with van der Waals surface area (Å²) in [5.41, 5.74) is 4.94. The molecule has 0 saturated heterocycles. The summed E-state index contributed by atoms with van der Waals surface area (Å²) in [6, 6.07) is 2.10. The van der Waals surface area contributed by atoms with E-state index in [1.165, 1.54) is 18.2 Å². The molecule has 90 valence electrons. The zero-order valence-corrected chi connectivity index (χ0v) is 9.21. The van der Waals surface area contributed by atoms with E-state index in [-0.39, 0.29) is 5.69 Å². The van der Waals surface area contributed by atoms with Crippen molar-refractivity contribution in [2.24, 2.45) is 0 Å². The van der Waals surface area contributed by atoms with Crippen molar-refractivity contribution in [2.45, 2.75) is 6.92 Å². The first-order valence-corrected chi connectivity index (χ1v) is 4.90. The van der Waals surface area contributed by atoms with Crippen molar-refractivity contribution in [2.75, 3.05) is 11.1 Å². The molecule has 0 fully saturated rings. The third-order valence-electron chi connectivity index (χ3n) is 1.94. The number of rotatable bonds is 3. The lowest BCUT2D eigenvalue weighted by atomic mass is 10.2. The number of anilines is 2. The summed E-state index contributed by atoms with van der Waals surface area (Å²) in [7, 11) is 0. The number of nitrogen functional groups attached to an aromatic ring is 1. The molecule has 3 N–H and O–H groups in total. The molecule has 0 spiro atoms. The standard InChI is InChI=1S/C12H12F2N2O/c1-2-3-4-5-10(17)16-9-7-6-8(13)11(14)12(9)15/h2-7H,15H2,1H3,(H,16,17)/b3-2+,5-4+. The largest absolute Gasteiger partial charge is 0.395 e. The Morgan fingerprint density at radius 2 is 2.06 bits per heavy atom. The Balaban J connectivity index is 2.82. The average molecular weight is 238 g/mol. The van der Waals surface area contributed by atoms with Crippen molar-refractivity contribution < 1.29 is 13.6 Å². The molecule has 0 aliphatic carbocycles. The van der Waals surface area contributed by atoms with Gasteiger partial charge in [0.15, 0.2) is 11.6 Å². The Kier molecular flexibility index (Phi) is 4.39. The summed E-state index contributed by atoms with van der Waals surface area (Å²) in [5, 5.41) is 2.35. The van der Waals surface area contributed by atoms with Crippen LogP contribution in [0.2, 0.25) is 0 Å². The Labute approximate surface area is 97.6 Å². The number of carbonyl (C=O) groups is 1. The lowest BCUT2D eigenvalue weighted by molar-refractivity contribution is -0.111. The van der Waals surface area contributed by atoms with Gasteiger partial charge in [0.2, 0.25) is 5.91 Å². The number of carbonyl (C=O) groups excluding carboxylic acids is 1. The molecule has 0 aliphatic rings. The molecule has 1 aromatic rings. The Morgan fingerprint density at radius 1 is 1.35 bits per heavy atom. The molecule has 1 rings (SSSR count). The van der Waals surface area contributed by atoms with E-state index in [9.17, 15) is 13.6 Å². The number of nitrogens with one attached hydrogen (secondary N) is 1. The maximum atomic E-state index is 13.1. The normalized spacial score (nSPS) is 11.2. The number of allylic oxidation sites excluding steroid dienone is 3. The minimum atomic E-state index is -1.17. The first-order chi connectivity index (χ1) is 8.06. The second-order valence-corrected chi connectivity index (χ2v) is 3.20. The minimum absolute atomic E-state index is 0.0408. The van der Waals surface area contributed by atoms with Gasteiger partial charge in [0.25, 0.3) is 0 Å². The van der Waals surface area contributed by atoms with Gasteiger partial charge in [0.1, 0.15) is 0 Å². The Bertz CT molecular complexity index is 482. The van der Waals surface area contributed by atoms with Crippen LogP contribution in [0.3, 0.4) is 0 Å². The van der Waals surface area contributed by atoms with Gasteiger partial charge in [0.05, 0.1) is 11.4 Å². The lowest BCUT2D eigenvalue weighted by Gasteiger charge is -2.07. The van der Waals surface area contributed by atoms with Crippen molar-refractivity contribution in [3.05, 3.63) is 48.1 Å². The van der Waals surface area contributed by atoms with Crippen LogP contribution in [0.5, 0.6) is 0 Å². The van der Waals surface area contributed by atoms with E-state index in [0.717, 1.165) is 6.07 Å². The smallest absolute Gasteiger partial charge is 0.248 e. The van der Waals surface area contributed by atoms with Crippen LogP contribution in [-0.4, -0.2) is 5.91 Å². The summed E-state index contributed by atoms with van der Waals surface area (Å²) in [6.07, 6.45) is 6.18. The molecule has 0 bridgehead atoms. The predicted molar refractivity (Wildman–Crippen MR) is 63.4 cm³/mol. The fourth-order valence-corrected chi connectivity index (χ4v) is 1.10. The van der Waals surface area contributed by atoms with Gasteiger partial charge in [-0.15, -0.1) is 0 Å². The van der Waals surface area contributed by atoms with Crippen LogP contribution < -0.4 is 11.1 Å². The highest BCUT2D eigenvalue weighted by atomic mass is 19.2. The number of amides is 1. The van der Waals surface area contributed by atoms with Crippen molar-refractivity contribution in [3.8, 4) is 0 Å². The van der Waals surface area contributed by atoms with Crippen LogP contribution in [0.1, 0.15) is 6.92 Å². The van der Waals surface area contributed by atoms with E-state index in [1.807, 2.05) is 0 Å². The van der Waals surface area contributed by atoms with Gasteiger partial charge in [-0.05, 0) is 19.1 Å². The molecule has 17 heavy (non-hydrogen) atoms. The highest BCUT2D eigenvalue weighted by Gasteiger charge is 2.11. The molecule has 0 aromatic heterocycles. The molecule has 3 nitrogen and oxygen atoms in total. The Morgan fingerprint density at radius 3 is 2.71 bits per heavy atom. The SMILES string of the molecule is C/C=C/C=C/C(=O)Nc1ccc(F)c(F)c1N. The topological polar surface area (TPSA) is 55.1 Å². The van der Waals surface area contributed by atoms with E-state index in [2.05, 4.69) is 5.32 Å². The third-order valence-corrected chi connectivity index (χ3v) is 1.94. The van der Waals surface area contributed by atoms with E-state index >= 15 is 0 Å². The number of benzene rings is 1. The average Bonchev–Trinajstić information content (AvgIpc) is 2.30. The Hall–Kier alpha value is -2.17. The predicted octanol–water partition coefficient (Wildman–Crippen LogP) is 2.62. The van der Waals surface area contributed by atoms with Gasteiger partial charge < -0.3 is 11.1 Å². The summed E-state index contributed by atoms with van der Waals surface area (Å²) < 4.78 is 25.8. The molecule has 1 amide bonds. The van der Waals surface area contributed by atoms with E-state index < -0.39 is 23.2 Å². The van der Waals surface area contributed by atoms with Gasteiger partial charge in [-0.25, -0.2) is 8.78 Å². The lowest BCUT2D eigenvalue weighted by Crippen LogP contribution is -2.11. The first-order valence-electron chi connectivity index (χ1n) is 4.90. The molecular formula is C12H12F2N2O. The van der Waals surface area contributed by atoms with Crippen molar-refractivity contribution in [1.82, 2.24) is 0 Å². The molecular weight excluding hydrogens is 226 g/mol. The fraction of sp³-hybridized carbons (Fsp3) is 0.0833. The van der Waals surface area contributed by atoms with Crippen LogP contribution in [0, 0.1) is 11.6 Å². The summed E-state index contributed by atoms with van der Waals surface area (Å²) in [6.45, 7) is 1.80. The van der Waals surface area contributed by atoms with E-state index in [4.69, 9.17) is 5.73 Å². The second kappa shape index (κ2) is 5.79.